The van der Waals surface area contributed by atoms with Gasteiger partial charge in [-0.1, -0.05) is 6.58 Å². The van der Waals surface area contributed by atoms with Gasteiger partial charge in [-0.3, -0.25) is 0 Å². The minimum Gasteiger partial charge on any atom is -0.372 e. The Morgan fingerprint density at radius 1 is 1.06 bits per heavy atom. The molecule has 0 spiro atoms. The van der Waals surface area contributed by atoms with Crippen molar-refractivity contribution < 1.29 is 17.6 Å². The Balaban J connectivity index is 0.000000185. The van der Waals surface area contributed by atoms with Gasteiger partial charge < -0.3 is 9.91 Å². The van der Waals surface area contributed by atoms with Crippen molar-refractivity contribution in [3.8, 4) is 0 Å². The van der Waals surface area contributed by atoms with Gasteiger partial charge in [0, 0.05) is 35.6 Å². The number of alkyl halides is 3. The van der Waals surface area contributed by atoms with E-state index in [0.717, 1.165) is 39.1 Å². The molecule has 3 heterocycles. The molecule has 1 atom stereocenters. The summed E-state index contributed by atoms with van der Waals surface area (Å²) < 4.78 is 50.7. The van der Waals surface area contributed by atoms with Gasteiger partial charge in [-0.15, -0.1) is 11.3 Å². The molecule has 0 amide bonds. The average Bonchev–Trinajstić information content (AvgIpc) is 3.36. The molecule has 2 aliphatic heterocycles. The maximum absolute atomic E-state index is 12.7. The molecular formula is C23H27F4N3S. The fourth-order valence-corrected chi connectivity index (χ4v) is 4.52. The second-order valence-electron chi connectivity index (χ2n) is 7.72. The fraction of sp³-hybridized carbons (Fsp3) is 0.391. The molecule has 31 heavy (non-hydrogen) atoms. The highest BCUT2D eigenvalue weighted by atomic mass is 32.1. The summed E-state index contributed by atoms with van der Waals surface area (Å²) in [6.07, 6.45) is 0.728. The Labute approximate surface area is 184 Å². The number of benzene rings is 1. The number of rotatable bonds is 3. The number of hydrazine groups is 1. The molecule has 1 fully saturated rings. The maximum Gasteiger partial charge on any atom is 0.432 e. The van der Waals surface area contributed by atoms with Crippen LogP contribution in [-0.2, 0) is 0 Å². The van der Waals surface area contributed by atoms with Gasteiger partial charge in [0.1, 0.15) is 11.5 Å². The molecule has 2 aromatic rings. The van der Waals surface area contributed by atoms with Gasteiger partial charge in [-0.25, -0.2) is 9.82 Å². The lowest BCUT2D eigenvalue weighted by atomic mass is 10.1. The molecular weight excluding hydrogens is 426 g/mol. The van der Waals surface area contributed by atoms with Crippen LogP contribution in [-0.4, -0.2) is 31.3 Å². The topological polar surface area (TPSA) is 18.5 Å². The number of anilines is 1. The molecule has 0 saturated carbocycles. The largest absolute Gasteiger partial charge is 0.432 e. The van der Waals surface area contributed by atoms with Gasteiger partial charge in [0.15, 0.2) is 0 Å². The summed E-state index contributed by atoms with van der Waals surface area (Å²) in [5.41, 5.74) is 4.19. The van der Waals surface area contributed by atoms with Crippen molar-refractivity contribution in [3.05, 3.63) is 70.3 Å². The number of nitrogens with one attached hydrogen (secondary N) is 1. The first-order valence-corrected chi connectivity index (χ1v) is 11.0. The van der Waals surface area contributed by atoms with Gasteiger partial charge in [-0.2, -0.15) is 13.2 Å². The highest BCUT2D eigenvalue weighted by Gasteiger charge is 2.41. The lowest BCUT2D eigenvalue weighted by Gasteiger charge is -2.28. The second kappa shape index (κ2) is 9.87. The third kappa shape index (κ3) is 6.11. The molecule has 1 unspecified atom stereocenters. The molecule has 1 N–H and O–H groups in total. The van der Waals surface area contributed by atoms with Crippen LogP contribution in [0.15, 0.2) is 54.8 Å². The molecule has 1 aromatic heterocycles. The van der Waals surface area contributed by atoms with Gasteiger partial charge in [0.25, 0.3) is 0 Å². The van der Waals surface area contributed by atoms with Crippen LogP contribution in [0.25, 0.3) is 5.57 Å². The number of nitrogens with zero attached hydrogens (tertiary/aromatic N) is 2. The molecule has 2 aliphatic rings. The van der Waals surface area contributed by atoms with Crippen molar-refractivity contribution in [1.29, 1.82) is 0 Å². The van der Waals surface area contributed by atoms with E-state index in [-0.39, 0.29) is 5.82 Å². The van der Waals surface area contributed by atoms with Crippen LogP contribution in [0.3, 0.4) is 0 Å². The Morgan fingerprint density at radius 3 is 2.23 bits per heavy atom. The number of thiophene rings is 1. The second-order valence-corrected chi connectivity index (χ2v) is 8.84. The first-order valence-electron chi connectivity index (χ1n) is 10.2. The monoisotopic (exact) mass is 453 g/mol. The Morgan fingerprint density at radius 2 is 1.71 bits per heavy atom. The Hall–Kier alpha value is -2.32. The van der Waals surface area contributed by atoms with Crippen molar-refractivity contribution in [2.75, 3.05) is 25.0 Å². The molecule has 168 valence electrons. The van der Waals surface area contributed by atoms with E-state index >= 15 is 0 Å². The fourth-order valence-electron chi connectivity index (χ4n) is 3.57. The van der Waals surface area contributed by atoms with Crippen LogP contribution in [0.1, 0.15) is 42.0 Å². The molecule has 0 radical (unpaired) electrons. The summed E-state index contributed by atoms with van der Waals surface area (Å²) in [5, 5.41) is 1.02. The smallest absolute Gasteiger partial charge is 0.372 e. The van der Waals surface area contributed by atoms with Gasteiger partial charge in [0.2, 0.25) is 0 Å². The van der Waals surface area contributed by atoms with Gasteiger partial charge in [-0.05, 0) is 74.2 Å². The summed E-state index contributed by atoms with van der Waals surface area (Å²) >= 11 is 1.45. The highest BCUT2D eigenvalue weighted by molar-refractivity contribution is 7.13. The van der Waals surface area contributed by atoms with Crippen molar-refractivity contribution >= 4 is 22.6 Å². The highest BCUT2D eigenvalue weighted by Crippen LogP contribution is 2.37. The van der Waals surface area contributed by atoms with E-state index < -0.39 is 17.9 Å². The number of hydrogen-bond acceptors (Lipinski definition) is 4. The predicted octanol–water partition coefficient (Wildman–Crippen LogP) is 6.53. The summed E-state index contributed by atoms with van der Waals surface area (Å²) in [6, 6.07) is 10.1. The summed E-state index contributed by atoms with van der Waals surface area (Å²) in [5.74, 6) is -0.152. The number of piperidine rings is 1. The van der Waals surface area contributed by atoms with Crippen molar-refractivity contribution in [3.63, 3.8) is 0 Å². The molecule has 3 nitrogen and oxygen atoms in total. The zero-order valence-corrected chi connectivity index (χ0v) is 18.5. The first kappa shape index (κ1) is 23.3. The normalized spacial score (nSPS) is 19.0. The summed E-state index contributed by atoms with van der Waals surface area (Å²) in [4.78, 5) is 4.16. The molecule has 4 rings (SSSR count). The number of allylic oxidation sites excluding steroid dienone is 2. The molecule has 1 aromatic carbocycles. The van der Waals surface area contributed by atoms with Crippen LogP contribution in [0.5, 0.6) is 0 Å². The third-order valence-corrected chi connectivity index (χ3v) is 6.54. The summed E-state index contributed by atoms with van der Waals surface area (Å²) in [6.45, 7) is 7.93. The molecule has 0 bridgehead atoms. The number of hydrogen-bond donors (Lipinski definition) is 1. The lowest BCUT2D eigenvalue weighted by molar-refractivity contribution is -0.110. The van der Waals surface area contributed by atoms with E-state index in [4.69, 9.17) is 0 Å². The quantitative estimate of drug-likeness (QED) is 0.533. The minimum atomic E-state index is -4.33. The number of halogens is 4. The van der Waals surface area contributed by atoms with E-state index in [1.165, 1.54) is 55.9 Å². The maximum atomic E-state index is 12.7. The van der Waals surface area contributed by atoms with E-state index in [0.29, 0.717) is 0 Å². The predicted molar refractivity (Wildman–Crippen MR) is 119 cm³/mol. The van der Waals surface area contributed by atoms with Gasteiger partial charge >= 0.3 is 6.18 Å². The molecule has 8 heteroatoms. The van der Waals surface area contributed by atoms with Crippen LogP contribution < -0.4 is 10.3 Å². The third-order valence-electron chi connectivity index (χ3n) is 5.21. The van der Waals surface area contributed by atoms with Gasteiger partial charge in [0.05, 0.1) is 6.04 Å². The summed E-state index contributed by atoms with van der Waals surface area (Å²) in [7, 11) is 1.37. The van der Waals surface area contributed by atoms with E-state index in [1.54, 1.807) is 0 Å². The minimum absolute atomic E-state index is 0.152. The van der Waals surface area contributed by atoms with Crippen LogP contribution in [0.2, 0.25) is 0 Å². The van der Waals surface area contributed by atoms with Crippen LogP contribution in [0.4, 0.5) is 23.2 Å². The van der Waals surface area contributed by atoms with Crippen LogP contribution in [0, 0.1) is 5.82 Å². The molecule has 1 saturated heterocycles. The zero-order valence-electron chi connectivity index (χ0n) is 17.7. The zero-order chi connectivity index (χ0) is 22.6. The Bertz CT molecular complexity index is 912. The lowest BCUT2D eigenvalue weighted by Crippen LogP contribution is -2.34. The van der Waals surface area contributed by atoms with Crippen molar-refractivity contribution in [1.82, 2.24) is 10.4 Å². The van der Waals surface area contributed by atoms with E-state index in [2.05, 4.69) is 16.9 Å². The van der Waals surface area contributed by atoms with Crippen molar-refractivity contribution in [2.45, 2.75) is 38.4 Å². The van der Waals surface area contributed by atoms with Crippen LogP contribution >= 0.6 is 11.3 Å². The molecule has 0 aliphatic carbocycles. The first-order chi connectivity index (χ1) is 14.6. The average molecular weight is 454 g/mol. The Kier molecular flexibility index (Phi) is 7.43. The SMILES string of the molecule is C=C(C)c1ccc(C2C=C(C(F)(F)F)N(C)N2)s1.Fc1ccc(N2CCCCC2)cc1. The van der Waals surface area contributed by atoms with E-state index in [9.17, 15) is 17.6 Å². The van der Waals surface area contributed by atoms with E-state index in [1.807, 2.05) is 31.2 Å². The van der Waals surface area contributed by atoms with Crippen molar-refractivity contribution in [2.24, 2.45) is 0 Å². The standard InChI is InChI=1S/C12H13F3N2S.C11H14FN/c1-7(2)9-4-5-10(18-9)8-6-11(12(13,14)15)17(3)16-8;12-10-4-6-11(7-5-10)13-8-2-1-3-9-13/h4-6,8,16H,1H2,2-3H3;4-7H,1-3,8-9H2.